The standard InChI is InChI=1S/C9H17NO5S/c1-7(2)9(11)15-8(3)10-5-4-6-16(12,13)14/h8,10H,1,4-6H2,2-3H3,(H,12,13,14). The van der Waals surface area contributed by atoms with Crippen LogP contribution < -0.4 is 5.32 Å². The smallest absolute Gasteiger partial charge is 0.334 e. The zero-order valence-electron chi connectivity index (χ0n) is 9.39. The second-order valence-electron chi connectivity index (χ2n) is 3.42. The molecule has 0 bridgehead atoms. The first-order valence-electron chi connectivity index (χ1n) is 4.77. The largest absolute Gasteiger partial charge is 0.444 e. The molecule has 0 amide bonds. The monoisotopic (exact) mass is 251 g/mol. The van der Waals surface area contributed by atoms with Crippen molar-refractivity contribution >= 4 is 16.1 Å². The molecule has 0 heterocycles. The summed E-state index contributed by atoms with van der Waals surface area (Å²) in [4.78, 5) is 11.0. The van der Waals surface area contributed by atoms with E-state index in [1.807, 2.05) is 0 Å². The quantitative estimate of drug-likeness (QED) is 0.222. The van der Waals surface area contributed by atoms with Crippen LogP contribution in [0.4, 0.5) is 0 Å². The molecule has 16 heavy (non-hydrogen) atoms. The number of nitrogens with one attached hydrogen (secondary N) is 1. The number of ether oxygens (including phenoxy) is 1. The molecule has 0 aliphatic rings. The molecule has 0 rings (SSSR count). The molecule has 1 atom stereocenters. The Balaban J connectivity index is 3.71. The molecule has 1 unspecified atom stereocenters. The molecule has 6 nitrogen and oxygen atoms in total. The Labute approximate surface area is 95.4 Å². The highest BCUT2D eigenvalue weighted by molar-refractivity contribution is 7.85. The van der Waals surface area contributed by atoms with Crippen molar-refractivity contribution in [3.8, 4) is 0 Å². The van der Waals surface area contributed by atoms with E-state index in [1.54, 1.807) is 6.92 Å². The fraction of sp³-hybridized carbons (Fsp3) is 0.667. The average molecular weight is 251 g/mol. The van der Waals surface area contributed by atoms with E-state index >= 15 is 0 Å². The molecule has 0 aromatic heterocycles. The molecule has 0 saturated carbocycles. The predicted molar refractivity (Wildman–Crippen MR) is 59.4 cm³/mol. The van der Waals surface area contributed by atoms with Crippen molar-refractivity contribution in [1.82, 2.24) is 5.32 Å². The average Bonchev–Trinajstić information content (AvgIpc) is 2.10. The van der Waals surface area contributed by atoms with Crippen LogP contribution in [0.1, 0.15) is 20.3 Å². The van der Waals surface area contributed by atoms with E-state index in [1.165, 1.54) is 6.92 Å². The molecule has 7 heteroatoms. The number of hydrogen-bond donors (Lipinski definition) is 2. The Morgan fingerprint density at radius 3 is 2.56 bits per heavy atom. The summed E-state index contributed by atoms with van der Waals surface area (Å²) in [5, 5.41) is 2.78. The summed E-state index contributed by atoms with van der Waals surface area (Å²) in [6.07, 6.45) is -0.279. The van der Waals surface area contributed by atoms with Crippen molar-refractivity contribution in [3.63, 3.8) is 0 Å². The van der Waals surface area contributed by atoms with E-state index in [9.17, 15) is 13.2 Å². The van der Waals surface area contributed by atoms with Gasteiger partial charge in [0.25, 0.3) is 10.1 Å². The van der Waals surface area contributed by atoms with Crippen molar-refractivity contribution in [3.05, 3.63) is 12.2 Å². The van der Waals surface area contributed by atoms with E-state index in [2.05, 4.69) is 11.9 Å². The minimum atomic E-state index is -3.92. The lowest BCUT2D eigenvalue weighted by Gasteiger charge is -2.14. The van der Waals surface area contributed by atoms with Gasteiger partial charge >= 0.3 is 5.97 Å². The topological polar surface area (TPSA) is 92.7 Å². The van der Waals surface area contributed by atoms with Crippen molar-refractivity contribution in [1.29, 1.82) is 0 Å². The van der Waals surface area contributed by atoms with Crippen molar-refractivity contribution < 1.29 is 22.5 Å². The van der Waals surface area contributed by atoms with Gasteiger partial charge in [0.2, 0.25) is 0 Å². The van der Waals surface area contributed by atoms with Gasteiger partial charge in [-0.25, -0.2) is 4.79 Å². The van der Waals surface area contributed by atoms with E-state index in [4.69, 9.17) is 9.29 Å². The van der Waals surface area contributed by atoms with Gasteiger partial charge in [-0.3, -0.25) is 9.87 Å². The van der Waals surface area contributed by atoms with Crippen LogP contribution in [0.15, 0.2) is 12.2 Å². The van der Waals surface area contributed by atoms with E-state index in [0.717, 1.165) is 0 Å². The van der Waals surface area contributed by atoms with Gasteiger partial charge in [-0.05, 0) is 26.8 Å². The molecule has 94 valence electrons. The molecule has 0 aliphatic carbocycles. The summed E-state index contributed by atoms with van der Waals surface area (Å²) in [7, 11) is -3.92. The van der Waals surface area contributed by atoms with Crippen molar-refractivity contribution in [2.75, 3.05) is 12.3 Å². The minimum absolute atomic E-state index is 0.244. The highest BCUT2D eigenvalue weighted by Crippen LogP contribution is 1.96. The minimum Gasteiger partial charge on any atom is -0.444 e. The third-order valence-electron chi connectivity index (χ3n) is 1.64. The van der Waals surface area contributed by atoms with Gasteiger partial charge in [-0.2, -0.15) is 8.42 Å². The summed E-state index contributed by atoms with van der Waals surface area (Å²) in [5.74, 6) is -0.823. The van der Waals surface area contributed by atoms with Gasteiger partial charge < -0.3 is 4.74 Å². The van der Waals surface area contributed by atoms with Crippen LogP contribution >= 0.6 is 0 Å². The predicted octanol–water partition coefficient (Wildman–Crippen LogP) is 0.319. The normalized spacial score (nSPS) is 13.2. The number of carbonyl (C=O) groups excluding carboxylic acids is 1. The Morgan fingerprint density at radius 2 is 2.12 bits per heavy atom. The van der Waals surface area contributed by atoms with Crippen LogP contribution in [0.25, 0.3) is 0 Å². The van der Waals surface area contributed by atoms with Crippen molar-refractivity contribution in [2.24, 2.45) is 0 Å². The van der Waals surface area contributed by atoms with E-state index in [0.29, 0.717) is 12.1 Å². The van der Waals surface area contributed by atoms with Gasteiger partial charge in [0.1, 0.15) is 0 Å². The molecule has 0 fully saturated rings. The number of carbonyl (C=O) groups is 1. The summed E-state index contributed by atoms with van der Waals surface area (Å²) >= 11 is 0. The van der Waals surface area contributed by atoms with Gasteiger partial charge in [-0.1, -0.05) is 6.58 Å². The lowest BCUT2D eigenvalue weighted by molar-refractivity contribution is -0.144. The maximum absolute atomic E-state index is 11.0. The van der Waals surface area contributed by atoms with Crippen LogP contribution in [-0.4, -0.2) is 37.5 Å². The lowest BCUT2D eigenvalue weighted by Crippen LogP contribution is -2.32. The zero-order valence-corrected chi connectivity index (χ0v) is 10.2. The van der Waals surface area contributed by atoms with E-state index < -0.39 is 22.3 Å². The third-order valence-corrected chi connectivity index (χ3v) is 2.45. The molecule has 0 aromatic rings. The highest BCUT2D eigenvalue weighted by atomic mass is 32.2. The van der Waals surface area contributed by atoms with Gasteiger partial charge in [0.15, 0.2) is 6.23 Å². The summed E-state index contributed by atoms with van der Waals surface area (Å²) < 4.78 is 34.1. The Hall–Kier alpha value is -0.920. The van der Waals surface area contributed by atoms with Crippen molar-refractivity contribution in [2.45, 2.75) is 26.5 Å². The second kappa shape index (κ2) is 6.62. The van der Waals surface area contributed by atoms with Gasteiger partial charge in [0, 0.05) is 5.57 Å². The molecule has 0 spiro atoms. The van der Waals surface area contributed by atoms with Crippen LogP contribution in [0.3, 0.4) is 0 Å². The fourth-order valence-corrected chi connectivity index (χ4v) is 1.37. The fourth-order valence-electron chi connectivity index (χ4n) is 0.863. The Bertz CT molecular complexity index is 349. The molecule has 0 aromatic carbocycles. The molecule has 0 aliphatic heterocycles. The van der Waals surface area contributed by atoms with Crippen LogP contribution in [0, 0.1) is 0 Å². The molecule has 0 radical (unpaired) electrons. The van der Waals surface area contributed by atoms with Crippen LogP contribution in [0.5, 0.6) is 0 Å². The SMILES string of the molecule is C=C(C)C(=O)OC(C)NCCCS(=O)(=O)O. The zero-order chi connectivity index (χ0) is 12.8. The van der Waals surface area contributed by atoms with Crippen LogP contribution in [-0.2, 0) is 19.6 Å². The molecule has 0 saturated heterocycles. The van der Waals surface area contributed by atoms with E-state index in [-0.39, 0.29) is 12.2 Å². The third kappa shape index (κ3) is 8.39. The Morgan fingerprint density at radius 1 is 1.56 bits per heavy atom. The summed E-state index contributed by atoms with van der Waals surface area (Å²) in [5.41, 5.74) is 0.298. The molecular weight excluding hydrogens is 234 g/mol. The maximum atomic E-state index is 11.0. The molecule has 2 N–H and O–H groups in total. The second-order valence-corrected chi connectivity index (χ2v) is 4.99. The number of esters is 1. The first-order valence-corrected chi connectivity index (χ1v) is 6.38. The number of rotatable bonds is 7. The van der Waals surface area contributed by atoms with Gasteiger partial charge in [0.05, 0.1) is 5.75 Å². The first kappa shape index (κ1) is 15.1. The van der Waals surface area contributed by atoms with Gasteiger partial charge in [-0.15, -0.1) is 0 Å². The van der Waals surface area contributed by atoms with Crippen LogP contribution in [0.2, 0.25) is 0 Å². The summed E-state index contributed by atoms with van der Waals surface area (Å²) in [6.45, 7) is 6.90. The number of hydrogen-bond acceptors (Lipinski definition) is 5. The Kier molecular flexibility index (Phi) is 6.24. The lowest BCUT2D eigenvalue weighted by atomic mass is 10.4. The maximum Gasteiger partial charge on any atom is 0.334 e. The highest BCUT2D eigenvalue weighted by Gasteiger charge is 2.09. The molecular formula is C9H17NO5S. The summed E-state index contributed by atoms with van der Waals surface area (Å²) in [6, 6.07) is 0. The first-order chi connectivity index (χ1) is 7.22.